The normalized spacial score (nSPS) is 11.0. The monoisotopic (exact) mass is 352 g/mol. The van der Waals surface area contributed by atoms with E-state index < -0.39 is 0 Å². The summed E-state index contributed by atoms with van der Waals surface area (Å²) in [6, 6.07) is 7.51. The fourth-order valence-electron chi connectivity index (χ4n) is 2.69. The molecular weight excluding hydrogens is 328 g/mol. The molecule has 136 valence electrons. The molecule has 0 aliphatic rings. The summed E-state index contributed by atoms with van der Waals surface area (Å²) in [5.74, 6) is 2.09. The summed E-state index contributed by atoms with van der Waals surface area (Å²) in [6.07, 6.45) is 5.41. The molecule has 1 aromatic carbocycles. The van der Waals surface area contributed by atoms with Gasteiger partial charge in [0.2, 0.25) is 11.9 Å². The molecule has 0 radical (unpaired) electrons. The van der Waals surface area contributed by atoms with Crippen LogP contribution in [0, 0.1) is 5.92 Å². The Kier molecular flexibility index (Phi) is 5.78. The van der Waals surface area contributed by atoms with Gasteiger partial charge in [-0.25, -0.2) is 15.0 Å². The molecule has 2 heterocycles. The van der Waals surface area contributed by atoms with E-state index in [1.807, 2.05) is 18.2 Å². The van der Waals surface area contributed by atoms with Crippen LogP contribution in [0.1, 0.15) is 32.5 Å². The highest BCUT2D eigenvalue weighted by Gasteiger charge is 2.07. The molecule has 2 aromatic heterocycles. The Bertz CT molecular complexity index is 859. The maximum atomic E-state index is 12.1. The maximum Gasteiger partial charge on any atom is 0.224 e. The Hall–Kier alpha value is -2.96. The molecule has 26 heavy (non-hydrogen) atoms. The van der Waals surface area contributed by atoms with Crippen LogP contribution in [0.4, 0.5) is 11.6 Å². The smallest absolute Gasteiger partial charge is 0.224 e. The number of rotatable bonds is 8. The molecule has 7 heteroatoms. The fourth-order valence-corrected chi connectivity index (χ4v) is 2.69. The van der Waals surface area contributed by atoms with Crippen LogP contribution in [0.3, 0.4) is 0 Å². The van der Waals surface area contributed by atoms with Crippen molar-refractivity contribution in [2.24, 2.45) is 5.92 Å². The molecule has 0 unspecified atom stereocenters. The van der Waals surface area contributed by atoms with Crippen LogP contribution in [0.25, 0.3) is 11.0 Å². The van der Waals surface area contributed by atoms with Crippen LogP contribution in [0.5, 0.6) is 0 Å². The van der Waals surface area contributed by atoms with Crippen molar-refractivity contribution in [3.63, 3.8) is 0 Å². The van der Waals surface area contributed by atoms with E-state index in [1.54, 1.807) is 18.5 Å². The number of amides is 1. The second-order valence-electron chi connectivity index (χ2n) is 6.66. The number of nitrogens with one attached hydrogen (secondary N) is 3. The second-order valence-corrected chi connectivity index (χ2v) is 6.66. The zero-order chi connectivity index (χ0) is 18.4. The number of aromatic amines is 1. The summed E-state index contributed by atoms with van der Waals surface area (Å²) in [5.41, 5.74) is 2.65. The molecule has 0 aliphatic carbocycles. The minimum Gasteiger partial charge on any atom is -0.354 e. The van der Waals surface area contributed by atoms with E-state index >= 15 is 0 Å². The molecule has 0 spiro atoms. The van der Waals surface area contributed by atoms with E-state index in [0.29, 0.717) is 31.3 Å². The van der Waals surface area contributed by atoms with Crippen LogP contribution in [-0.2, 0) is 11.2 Å². The SMILES string of the molecule is CC(C)Cc1nc2ccc(NC(=O)CCCNc3ncccn3)cc2[nH]1. The molecule has 0 fully saturated rings. The van der Waals surface area contributed by atoms with Crippen LogP contribution in [-0.4, -0.2) is 32.4 Å². The van der Waals surface area contributed by atoms with Crippen molar-refractivity contribution in [1.29, 1.82) is 0 Å². The van der Waals surface area contributed by atoms with E-state index in [2.05, 4.69) is 44.4 Å². The molecule has 0 bridgehead atoms. The first-order valence-electron chi connectivity index (χ1n) is 8.89. The zero-order valence-electron chi connectivity index (χ0n) is 15.1. The Labute approximate surface area is 152 Å². The first-order chi connectivity index (χ1) is 12.6. The van der Waals surface area contributed by atoms with Crippen molar-refractivity contribution in [3.05, 3.63) is 42.5 Å². The van der Waals surface area contributed by atoms with Gasteiger partial charge < -0.3 is 15.6 Å². The number of fused-ring (bicyclic) bond motifs is 1. The molecule has 0 saturated carbocycles. The molecule has 3 aromatic rings. The molecule has 3 rings (SSSR count). The van der Waals surface area contributed by atoms with Gasteiger partial charge in [-0.05, 0) is 36.6 Å². The highest BCUT2D eigenvalue weighted by Crippen LogP contribution is 2.18. The van der Waals surface area contributed by atoms with Crippen LogP contribution in [0.2, 0.25) is 0 Å². The first kappa shape index (κ1) is 17.8. The lowest BCUT2D eigenvalue weighted by Gasteiger charge is -2.06. The summed E-state index contributed by atoms with van der Waals surface area (Å²) in [4.78, 5) is 28.2. The van der Waals surface area contributed by atoms with Crippen molar-refractivity contribution in [3.8, 4) is 0 Å². The van der Waals surface area contributed by atoms with Crippen molar-refractivity contribution in [1.82, 2.24) is 19.9 Å². The Balaban J connectivity index is 1.49. The predicted octanol–water partition coefficient (Wildman–Crippen LogP) is 3.38. The second kappa shape index (κ2) is 8.42. The van der Waals surface area contributed by atoms with Crippen LogP contribution >= 0.6 is 0 Å². The molecular formula is C19H24N6O. The lowest BCUT2D eigenvalue weighted by Crippen LogP contribution is -2.13. The highest BCUT2D eigenvalue weighted by molar-refractivity contribution is 5.93. The maximum absolute atomic E-state index is 12.1. The minimum atomic E-state index is -0.0120. The number of carbonyl (C=O) groups excluding carboxylic acids is 1. The number of hydrogen-bond acceptors (Lipinski definition) is 5. The summed E-state index contributed by atoms with van der Waals surface area (Å²) >= 11 is 0. The van der Waals surface area contributed by atoms with Crippen LogP contribution in [0.15, 0.2) is 36.7 Å². The van der Waals surface area contributed by atoms with Gasteiger partial charge in [0.05, 0.1) is 11.0 Å². The third-order valence-corrected chi connectivity index (χ3v) is 3.85. The number of H-pyrrole nitrogens is 1. The number of anilines is 2. The van der Waals surface area contributed by atoms with Gasteiger partial charge in [-0.1, -0.05) is 13.8 Å². The number of imidazole rings is 1. The van der Waals surface area contributed by atoms with Gasteiger partial charge in [0.25, 0.3) is 0 Å². The number of hydrogen-bond donors (Lipinski definition) is 3. The Morgan fingerprint density at radius 2 is 2.04 bits per heavy atom. The summed E-state index contributed by atoms with van der Waals surface area (Å²) < 4.78 is 0. The molecule has 7 nitrogen and oxygen atoms in total. The highest BCUT2D eigenvalue weighted by atomic mass is 16.1. The topological polar surface area (TPSA) is 95.6 Å². The minimum absolute atomic E-state index is 0.0120. The van der Waals surface area contributed by atoms with Gasteiger partial charge in [-0.2, -0.15) is 0 Å². The average molecular weight is 352 g/mol. The van der Waals surface area contributed by atoms with Crippen molar-refractivity contribution < 1.29 is 4.79 Å². The molecule has 0 atom stereocenters. The lowest BCUT2D eigenvalue weighted by molar-refractivity contribution is -0.116. The van der Waals surface area contributed by atoms with E-state index in [4.69, 9.17) is 0 Å². The zero-order valence-corrected chi connectivity index (χ0v) is 15.1. The van der Waals surface area contributed by atoms with Gasteiger partial charge in [-0.3, -0.25) is 4.79 Å². The van der Waals surface area contributed by atoms with Gasteiger partial charge in [0.15, 0.2) is 0 Å². The number of nitrogens with zero attached hydrogens (tertiary/aromatic N) is 3. The first-order valence-corrected chi connectivity index (χ1v) is 8.89. The third-order valence-electron chi connectivity index (χ3n) is 3.85. The van der Waals surface area contributed by atoms with Crippen molar-refractivity contribution in [2.75, 3.05) is 17.2 Å². The molecule has 0 aliphatic heterocycles. The summed E-state index contributed by atoms with van der Waals surface area (Å²) in [6.45, 7) is 4.98. The van der Waals surface area contributed by atoms with Crippen molar-refractivity contribution >= 4 is 28.6 Å². The molecule has 1 amide bonds. The largest absolute Gasteiger partial charge is 0.354 e. The van der Waals surface area contributed by atoms with Gasteiger partial charge >= 0.3 is 0 Å². The average Bonchev–Trinajstić information content (AvgIpc) is 3.00. The van der Waals surface area contributed by atoms with E-state index in [0.717, 1.165) is 29.0 Å². The van der Waals surface area contributed by atoms with E-state index in [-0.39, 0.29) is 5.91 Å². The number of aromatic nitrogens is 4. The predicted molar refractivity (Wildman–Crippen MR) is 103 cm³/mol. The van der Waals surface area contributed by atoms with Crippen LogP contribution < -0.4 is 10.6 Å². The summed E-state index contributed by atoms with van der Waals surface area (Å²) in [7, 11) is 0. The number of benzene rings is 1. The van der Waals surface area contributed by atoms with E-state index in [9.17, 15) is 4.79 Å². The number of carbonyl (C=O) groups is 1. The Morgan fingerprint density at radius 3 is 2.81 bits per heavy atom. The van der Waals surface area contributed by atoms with Gasteiger partial charge in [0, 0.05) is 37.5 Å². The van der Waals surface area contributed by atoms with Gasteiger partial charge in [0.1, 0.15) is 5.82 Å². The Morgan fingerprint density at radius 1 is 1.23 bits per heavy atom. The third kappa shape index (κ3) is 5.02. The van der Waals surface area contributed by atoms with E-state index in [1.165, 1.54) is 0 Å². The molecule has 0 saturated heterocycles. The molecule has 3 N–H and O–H groups in total. The summed E-state index contributed by atoms with van der Waals surface area (Å²) in [5, 5.41) is 6.03. The standard InChI is InChI=1S/C19H24N6O/c1-13(2)11-17-24-15-7-6-14(12-16(15)25-17)23-18(26)5-3-8-20-19-21-9-4-10-22-19/h4,6-7,9-10,12-13H,3,5,8,11H2,1-2H3,(H,23,26)(H,24,25)(H,20,21,22). The quantitative estimate of drug-likeness (QED) is 0.540. The van der Waals surface area contributed by atoms with Gasteiger partial charge in [-0.15, -0.1) is 0 Å². The lowest BCUT2D eigenvalue weighted by atomic mass is 10.1. The van der Waals surface area contributed by atoms with Crippen molar-refractivity contribution in [2.45, 2.75) is 33.1 Å². The fraction of sp³-hybridized carbons (Fsp3) is 0.368.